The lowest BCUT2D eigenvalue weighted by atomic mass is 9.79. The van der Waals surface area contributed by atoms with Crippen LogP contribution in [0.25, 0.3) is 0 Å². The summed E-state index contributed by atoms with van der Waals surface area (Å²) in [5.74, 6) is -0.742. The Hall–Kier alpha value is -1.84. The van der Waals surface area contributed by atoms with Crippen LogP contribution in [0.4, 0.5) is 0 Å². The molecule has 1 aliphatic rings. The van der Waals surface area contributed by atoms with Crippen molar-refractivity contribution in [1.29, 1.82) is 0 Å². The normalized spacial score (nSPS) is 19.5. The number of carbonyl (C=O) groups is 2. The summed E-state index contributed by atoms with van der Waals surface area (Å²) in [6, 6.07) is 5.63. The van der Waals surface area contributed by atoms with Gasteiger partial charge in [0.1, 0.15) is 5.75 Å². The smallest absolute Gasteiger partial charge is 0.315 e. The molecule has 1 fully saturated rings. The van der Waals surface area contributed by atoms with Gasteiger partial charge in [-0.2, -0.15) is 0 Å². The van der Waals surface area contributed by atoms with Crippen molar-refractivity contribution in [3.63, 3.8) is 0 Å². The topological polar surface area (TPSA) is 52.6 Å². The molecule has 4 heteroatoms. The van der Waals surface area contributed by atoms with E-state index in [1.54, 1.807) is 0 Å². The van der Waals surface area contributed by atoms with E-state index in [1.807, 2.05) is 32.0 Å². The molecule has 0 amide bonds. The Balaban J connectivity index is 1.88. The molecule has 0 aliphatic heterocycles. The van der Waals surface area contributed by atoms with Crippen molar-refractivity contribution in [2.24, 2.45) is 11.8 Å². The summed E-state index contributed by atoms with van der Waals surface area (Å²) in [6.45, 7) is 6.66. The molecule has 0 spiro atoms. The molecule has 2 unspecified atom stereocenters. The Kier molecular flexibility index (Phi) is 8.83. The number of esters is 2. The summed E-state index contributed by atoms with van der Waals surface area (Å²) in [6.07, 6.45) is 8.91. The van der Waals surface area contributed by atoms with E-state index in [1.165, 1.54) is 19.3 Å². The molecule has 0 heterocycles. The van der Waals surface area contributed by atoms with Crippen molar-refractivity contribution < 1.29 is 19.1 Å². The summed E-state index contributed by atoms with van der Waals surface area (Å²) in [4.78, 5) is 25.2. The maximum absolute atomic E-state index is 12.7. The summed E-state index contributed by atoms with van der Waals surface area (Å²) in [5.41, 5.74) is 2.25. The molecule has 1 aromatic rings. The highest BCUT2D eigenvalue weighted by Gasteiger charge is 2.38. The quantitative estimate of drug-likeness (QED) is 0.324. The maximum Gasteiger partial charge on any atom is 0.315 e. The van der Waals surface area contributed by atoms with Crippen LogP contribution < -0.4 is 4.74 Å². The molecular weight excluding hydrogens is 340 g/mol. The zero-order chi connectivity index (χ0) is 19.6. The molecule has 2 atom stereocenters. The number of hydrogen-bond donors (Lipinski definition) is 0. The SMILES string of the molecule is CCCCCCCOC(=O)C1CCCCC1C(=O)Oc1ccc(C)c(C)c1. The zero-order valence-electron chi connectivity index (χ0n) is 17.1. The molecule has 150 valence electrons. The fourth-order valence-corrected chi connectivity index (χ4v) is 3.65. The lowest BCUT2D eigenvalue weighted by molar-refractivity contribution is -0.158. The molecule has 1 aliphatic carbocycles. The van der Waals surface area contributed by atoms with E-state index >= 15 is 0 Å². The van der Waals surface area contributed by atoms with E-state index in [0.717, 1.165) is 36.8 Å². The zero-order valence-corrected chi connectivity index (χ0v) is 17.1. The molecule has 0 N–H and O–H groups in total. The summed E-state index contributed by atoms with van der Waals surface area (Å²) in [7, 11) is 0. The van der Waals surface area contributed by atoms with Gasteiger partial charge in [-0.05, 0) is 56.4 Å². The monoisotopic (exact) mass is 374 g/mol. The Morgan fingerprint density at radius 3 is 2.26 bits per heavy atom. The van der Waals surface area contributed by atoms with Crippen LogP contribution in [0.1, 0.15) is 75.8 Å². The molecule has 27 heavy (non-hydrogen) atoms. The second-order valence-electron chi connectivity index (χ2n) is 7.75. The van der Waals surface area contributed by atoms with Crippen LogP contribution in [0, 0.1) is 25.7 Å². The summed E-state index contributed by atoms with van der Waals surface area (Å²) < 4.78 is 11.1. The molecule has 0 saturated heterocycles. The third-order valence-corrected chi connectivity index (χ3v) is 5.56. The number of hydrogen-bond acceptors (Lipinski definition) is 4. The first-order valence-electron chi connectivity index (χ1n) is 10.5. The highest BCUT2D eigenvalue weighted by molar-refractivity contribution is 5.83. The van der Waals surface area contributed by atoms with Gasteiger partial charge in [0.15, 0.2) is 0 Å². The van der Waals surface area contributed by atoms with Gasteiger partial charge in [0.2, 0.25) is 0 Å². The van der Waals surface area contributed by atoms with Crippen LogP contribution in [0.15, 0.2) is 18.2 Å². The minimum Gasteiger partial charge on any atom is -0.465 e. The summed E-state index contributed by atoms with van der Waals surface area (Å²) in [5, 5.41) is 0. The first-order valence-corrected chi connectivity index (χ1v) is 10.5. The molecule has 0 radical (unpaired) electrons. The van der Waals surface area contributed by atoms with Crippen LogP contribution in [-0.4, -0.2) is 18.5 Å². The van der Waals surface area contributed by atoms with Crippen LogP contribution in [-0.2, 0) is 14.3 Å². The van der Waals surface area contributed by atoms with E-state index < -0.39 is 5.92 Å². The first-order chi connectivity index (χ1) is 13.0. The predicted octanol–water partition coefficient (Wildman–Crippen LogP) is 5.53. The first kappa shape index (κ1) is 21.5. The summed E-state index contributed by atoms with van der Waals surface area (Å²) >= 11 is 0. The van der Waals surface area contributed by atoms with Gasteiger partial charge in [0.05, 0.1) is 18.4 Å². The number of benzene rings is 1. The van der Waals surface area contributed by atoms with Gasteiger partial charge < -0.3 is 9.47 Å². The van der Waals surface area contributed by atoms with Gasteiger partial charge in [-0.25, -0.2) is 0 Å². The van der Waals surface area contributed by atoms with E-state index in [-0.39, 0.29) is 17.9 Å². The Morgan fingerprint density at radius 1 is 0.926 bits per heavy atom. The van der Waals surface area contributed by atoms with Gasteiger partial charge >= 0.3 is 11.9 Å². The standard InChI is InChI=1S/C23H34O4/c1-4-5-6-7-10-15-26-22(24)20-11-8-9-12-21(20)23(25)27-19-14-13-17(2)18(3)16-19/h13-14,16,20-21H,4-12,15H2,1-3H3. The van der Waals surface area contributed by atoms with Gasteiger partial charge in [0, 0.05) is 0 Å². The third-order valence-electron chi connectivity index (χ3n) is 5.56. The van der Waals surface area contributed by atoms with Crippen LogP contribution in [0.5, 0.6) is 5.75 Å². The van der Waals surface area contributed by atoms with Crippen molar-refractivity contribution in [3.05, 3.63) is 29.3 Å². The molecule has 0 aromatic heterocycles. The van der Waals surface area contributed by atoms with E-state index in [2.05, 4.69) is 6.92 Å². The number of ether oxygens (including phenoxy) is 2. The number of aryl methyl sites for hydroxylation is 2. The van der Waals surface area contributed by atoms with Gasteiger partial charge in [-0.1, -0.05) is 51.5 Å². The molecule has 4 nitrogen and oxygen atoms in total. The van der Waals surface area contributed by atoms with E-state index in [0.29, 0.717) is 25.2 Å². The van der Waals surface area contributed by atoms with Crippen LogP contribution >= 0.6 is 0 Å². The highest BCUT2D eigenvalue weighted by Crippen LogP contribution is 2.32. The van der Waals surface area contributed by atoms with Crippen LogP contribution in [0.3, 0.4) is 0 Å². The van der Waals surface area contributed by atoms with E-state index in [4.69, 9.17) is 9.47 Å². The van der Waals surface area contributed by atoms with Crippen LogP contribution in [0.2, 0.25) is 0 Å². The van der Waals surface area contributed by atoms with Crippen molar-refractivity contribution in [1.82, 2.24) is 0 Å². The average molecular weight is 375 g/mol. The lowest BCUT2D eigenvalue weighted by Crippen LogP contribution is -2.36. The molecule has 0 bridgehead atoms. The number of carbonyl (C=O) groups excluding carboxylic acids is 2. The average Bonchev–Trinajstić information content (AvgIpc) is 2.67. The van der Waals surface area contributed by atoms with Crippen molar-refractivity contribution in [2.75, 3.05) is 6.61 Å². The van der Waals surface area contributed by atoms with E-state index in [9.17, 15) is 9.59 Å². The molecule has 1 saturated carbocycles. The Bertz CT molecular complexity index is 623. The fraction of sp³-hybridized carbons (Fsp3) is 0.652. The van der Waals surface area contributed by atoms with Gasteiger partial charge in [-0.15, -0.1) is 0 Å². The fourth-order valence-electron chi connectivity index (χ4n) is 3.65. The molecular formula is C23H34O4. The second-order valence-corrected chi connectivity index (χ2v) is 7.75. The molecule has 2 rings (SSSR count). The maximum atomic E-state index is 12.7. The molecule has 1 aromatic carbocycles. The predicted molar refractivity (Wildman–Crippen MR) is 107 cm³/mol. The number of rotatable bonds is 9. The Labute approximate surface area is 163 Å². The minimum absolute atomic E-state index is 0.229. The van der Waals surface area contributed by atoms with Crippen molar-refractivity contribution >= 4 is 11.9 Å². The van der Waals surface area contributed by atoms with Gasteiger partial charge in [-0.3, -0.25) is 9.59 Å². The van der Waals surface area contributed by atoms with Crippen molar-refractivity contribution in [2.45, 2.75) is 78.6 Å². The second kappa shape index (κ2) is 11.1. The third kappa shape index (κ3) is 6.67. The lowest BCUT2D eigenvalue weighted by Gasteiger charge is -2.28. The van der Waals surface area contributed by atoms with Gasteiger partial charge in [0.25, 0.3) is 0 Å². The minimum atomic E-state index is -0.395. The van der Waals surface area contributed by atoms with Crippen molar-refractivity contribution in [3.8, 4) is 5.75 Å². The number of unbranched alkanes of at least 4 members (excludes halogenated alkanes) is 4. The Morgan fingerprint density at radius 2 is 1.59 bits per heavy atom. The largest absolute Gasteiger partial charge is 0.465 e. The highest BCUT2D eigenvalue weighted by atomic mass is 16.5.